The number of benzene rings is 1. The number of carbonyl (C=O) groups excluding carboxylic acids is 2. The van der Waals surface area contributed by atoms with Crippen LogP contribution in [-0.2, 0) is 9.47 Å². The average molecular weight is 365 g/mol. The number of carbonyl (C=O) groups is 2. The van der Waals surface area contributed by atoms with Gasteiger partial charge in [-0.2, -0.15) is 0 Å². The van der Waals surface area contributed by atoms with Crippen LogP contribution in [0.4, 0.5) is 16.2 Å². The van der Waals surface area contributed by atoms with E-state index in [2.05, 4.69) is 15.4 Å². The zero-order chi connectivity index (χ0) is 19.7. The molecule has 1 aromatic carbocycles. The third kappa shape index (κ3) is 7.20. The second-order valence-corrected chi connectivity index (χ2v) is 6.22. The van der Waals surface area contributed by atoms with Gasteiger partial charge in [0.25, 0.3) is 5.69 Å². The van der Waals surface area contributed by atoms with Gasteiger partial charge in [-0.3, -0.25) is 10.1 Å². The Balaban J connectivity index is 2.56. The lowest BCUT2D eigenvalue weighted by atomic mass is 10.1. The summed E-state index contributed by atoms with van der Waals surface area (Å²) < 4.78 is 9.63. The summed E-state index contributed by atoms with van der Waals surface area (Å²) in [4.78, 5) is 33.5. The van der Waals surface area contributed by atoms with Gasteiger partial charge in [-0.15, -0.1) is 0 Å². The summed E-state index contributed by atoms with van der Waals surface area (Å²) in [5.74, 6) is -0.646. The number of nitro benzene ring substituents is 1. The summed E-state index contributed by atoms with van der Waals surface area (Å²) in [7, 11) is 1.20. The highest BCUT2D eigenvalue weighted by molar-refractivity contribution is 5.91. The van der Waals surface area contributed by atoms with Gasteiger partial charge in [-0.1, -0.05) is 12.2 Å². The molecular formula is C17H23N3O6. The number of rotatable bonds is 7. The second-order valence-electron chi connectivity index (χ2n) is 6.22. The lowest BCUT2D eigenvalue weighted by Crippen LogP contribution is -2.32. The minimum atomic E-state index is -0.646. The van der Waals surface area contributed by atoms with Gasteiger partial charge >= 0.3 is 12.1 Å². The molecular weight excluding hydrogens is 342 g/mol. The van der Waals surface area contributed by atoms with E-state index in [1.165, 1.54) is 19.2 Å². The van der Waals surface area contributed by atoms with E-state index in [-0.39, 0.29) is 23.5 Å². The Morgan fingerprint density at radius 1 is 1.23 bits per heavy atom. The number of nitro groups is 1. The van der Waals surface area contributed by atoms with Crippen molar-refractivity contribution in [1.82, 2.24) is 5.32 Å². The van der Waals surface area contributed by atoms with Crippen molar-refractivity contribution in [3.05, 3.63) is 46.0 Å². The fourth-order valence-electron chi connectivity index (χ4n) is 1.87. The molecule has 9 nitrogen and oxygen atoms in total. The van der Waals surface area contributed by atoms with E-state index in [1.54, 1.807) is 32.9 Å². The normalized spacial score (nSPS) is 11.1. The monoisotopic (exact) mass is 365 g/mol. The molecule has 0 fully saturated rings. The fourth-order valence-corrected chi connectivity index (χ4v) is 1.87. The van der Waals surface area contributed by atoms with Crippen molar-refractivity contribution < 1.29 is 24.0 Å². The number of methoxy groups -OCH3 is 1. The molecule has 0 aromatic heterocycles. The summed E-state index contributed by atoms with van der Waals surface area (Å²) in [6.45, 7) is 5.87. The van der Waals surface area contributed by atoms with Gasteiger partial charge in [-0.25, -0.2) is 9.59 Å². The van der Waals surface area contributed by atoms with Crippen LogP contribution >= 0.6 is 0 Å². The van der Waals surface area contributed by atoms with Crippen molar-refractivity contribution in [2.24, 2.45) is 0 Å². The smallest absolute Gasteiger partial charge is 0.407 e. The molecule has 9 heteroatoms. The van der Waals surface area contributed by atoms with Crippen LogP contribution in [0.25, 0.3) is 0 Å². The first-order valence-electron chi connectivity index (χ1n) is 7.86. The molecule has 142 valence electrons. The predicted molar refractivity (Wildman–Crippen MR) is 96.3 cm³/mol. The fraction of sp³-hybridized carbons (Fsp3) is 0.412. The number of nitrogens with one attached hydrogen (secondary N) is 2. The second kappa shape index (κ2) is 9.40. The first kappa shape index (κ1) is 20.9. The quantitative estimate of drug-likeness (QED) is 0.330. The van der Waals surface area contributed by atoms with Crippen LogP contribution in [0.3, 0.4) is 0 Å². The first-order chi connectivity index (χ1) is 12.1. The Hall–Kier alpha value is -3.10. The van der Waals surface area contributed by atoms with Crippen molar-refractivity contribution >= 4 is 23.4 Å². The number of ether oxygens (including phenoxy) is 2. The van der Waals surface area contributed by atoms with Crippen LogP contribution in [0.2, 0.25) is 0 Å². The highest BCUT2D eigenvalue weighted by Crippen LogP contribution is 2.25. The Bertz CT molecular complexity index is 694. The molecule has 0 aliphatic rings. The number of amides is 1. The molecule has 0 atom stereocenters. The van der Waals surface area contributed by atoms with Crippen molar-refractivity contribution in [3.63, 3.8) is 0 Å². The summed E-state index contributed by atoms with van der Waals surface area (Å²) in [6.07, 6.45) is 2.87. The first-order valence-corrected chi connectivity index (χ1v) is 7.86. The Kier molecular flexibility index (Phi) is 7.57. The SMILES string of the molecule is COC(=O)c1ccc(NCC=CCNC(=O)OC(C)(C)C)c([N+](=O)[O-])c1. The number of anilines is 1. The topological polar surface area (TPSA) is 120 Å². The maximum absolute atomic E-state index is 11.5. The zero-order valence-electron chi connectivity index (χ0n) is 15.2. The van der Waals surface area contributed by atoms with Gasteiger partial charge in [0, 0.05) is 19.2 Å². The van der Waals surface area contributed by atoms with Crippen LogP contribution in [0.5, 0.6) is 0 Å². The lowest BCUT2D eigenvalue weighted by molar-refractivity contribution is -0.384. The molecule has 26 heavy (non-hydrogen) atoms. The molecule has 0 aliphatic carbocycles. The maximum Gasteiger partial charge on any atom is 0.407 e. The standard InChI is InChI=1S/C17H23N3O6/c1-17(2,3)26-16(22)19-10-6-5-9-18-13-8-7-12(15(21)25-4)11-14(13)20(23)24/h5-8,11,18H,9-10H2,1-4H3,(H,19,22). The number of alkyl carbamates (subject to hydrolysis) is 1. The largest absolute Gasteiger partial charge is 0.465 e. The molecule has 1 amide bonds. The van der Waals surface area contributed by atoms with Crippen molar-refractivity contribution in [2.75, 3.05) is 25.5 Å². The van der Waals surface area contributed by atoms with E-state index in [0.29, 0.717) is 6.54 Å². The highest BCUT2D eigenvalue weighted by Gasteiger charge is 2.17. The molecule has 0 unspecified atom stereocenters. The Morgan fingerprint density at radius 3 is 2.46 bits per heavy atom. The number of esters is 1. The molecule has 0 radical (unpaired) electrons. The number of hydrogen-bond acceptors (Lipinski definition) is 7. The zero-order valence-corrected chi connectivity index (χ0v) is 15.2. The van der Waals surface area contributed by atoms with Crippen LogP contribution in [0, 0.1) is 10.1 Å². The highest BCUT2D eigenvalue weighted by atomic mass is 16.6. The van der Waals surface area contributed by atoms with Crippen molar-refractivity contribution in [3.8, 4) is 0 Å². The van der Waals surface area contributed by atoms with Gasteiger partial charge in [0.1, 0.15) is 11.3 Å². The minimum absolute atomic E-state index is 0.0989. The summed E-state index contributed by atoms with van der Waals surface area (Å²) >= 11 is 0. The molecule has 0 saturated carbocycles. The molecule has 0 aliphatic heterocycles. The van der Waals surface area contributed by atoms with E-state index >= 15 is 0 Å². The van der Waals surface area contributed by atoms with Gasteiger partial charge in [-0.05, 0) is 32.9 Å². The third-order valence-electron chi connectivity index (χ3n) is 2.96. The van der Waals surface area contributed by atoms with Crippen molar-refractivity contribution in [2.45, 2.75) is 26.4 Å². The van der Waals surface area contributed by atoms with Crippen LogP contribution in [0.15, 0.2) is 30.4 Å². The van der Waals surface area contributed by atoms with Crippen molar-refractivity contribution in [1.29, 1.82) is 0 Å². The molecule has 0 heterocycles. The van der Waals surface area contributed by atoms with E-state index in [4.69, 9.17) is 4.74 Å². The lowest BCUT2D eigenvalue weighted by Gasteiger charge is -2.19. The van der Waals surface area contributed by atoms with E-state index in [1.807, 2.05) is 0 Å². The number of hydrogen-bond donors (Lipinski definition) is 2. The van der Waals surface area contributed by atoms with Crippen LogP contribution in [0.1, 0.15) is 31.1 Å². The maximum atomic E-state index is 11.5. The summed E-state index contributed by atoms with van der Waals surface area (Å²) in [5, 5.41) is 16.6. The molecule has 1 aromatic rings. The van der Waals surface area contributed by atoms with Crippen LogP contribution < -0.4 is 10.6 Å². The van der Waals surface area contributed by atoms with Crippen LogP contribution in [-0.4, -0.2) is 42.8 Å². The minimum Gasteiger partial charge on any atom is -0.465 e. The molecule has 0 bridgehead atoms. The van der Waals surface area contributed by atoms with E-state index < -0.39 is 22.6 Å². The number of nitrogens with zero attached hydrogens (tertiary/aromatic N) is 1. The van der Waals surface area contributed by atoms with Gasteiger partial charge in [0.05, 0.1) is 17.6 Å². The molecule has 0 spiro atoms. The Labute approximate surface area is 151 Å². The van der Waals surface area contributed by atoms with E-state index in [0.717, 1.165) is 6.07 Å². The molecule has 1 rings (SSSR count). The summed E-state index contributed by atoms with van der Waals surface area (Å²) in [6, 6.07) is 4.04. The van der Waals surface area contributed by atoms with Gasteiger partial charge in [0.15, 0.2) is 0 Å². The van der Waals surface area contributed by atoms with Gasteiger partial charge in [0.2, 0.25) is 0 Å². The van der Waals surface area contributed by atoms with Gasteiger partial charge < -0.3 is 20.1 Å². The Morgan fingerprint density at radius 2 is 1.88 bits per heavy atom. The average Bonchev–Trinajstić information content (AvgIpc) is 2.55. The third-order valence-corrected chi connectivity index (χ3v) is 2.96. The molecule has 2 N–H and O–H groups in total. The predicted octanol–water partition coefficient (Wildman–Crippen LogP) is 2.87. The van der Waals surface area contributed by atoms with E-state index in [9.17, 15) is 19.7 Å². The molecule has 0 saturated heterocycles. The summed E-state index contributed by atoms with van der Waals surface area (Å²) in [5.41, 5.74) is -0.424.